The number of hydrogen-bond donors (Lipinski definition) is 2. The SMILES string of the molecule is CCCCCCCCC(CCCCCC)COC(=O)CCNCCCCCC.CCCCCCCCC(CCCCCC)COC(=O)CCNCCCCCC. The minimum atomic E-state index is -0.0254. The van der Waals surface area contributed by atoms with Crippen molar-refractivity contribution in [2.45, 2.75) is 260 Å². The molecule has 0 fully saturated rings. The molecule has 0 spiro atoms. The van der Waals surface area contributed by atoms with Gasteiger partial charge in [-0.1, -0.05) is 208 Å². The van der Waals surface area contributed by atoms with Crippen molar-refractivity contribution >= 4 is 11.9 Å². The number of nitrogens with one attached hydrogen (secondary N) is 2. The third-order valence-corrected chi connectivity index (χ3v) is 11.2. The summed E-state index contributed by atoms with van der Waals surface area (Å²) in [6, 6.07) is 0. The Balaban J connectivity index is 0. The van der Waals surface area contributed by atoms with Crippen molar-refractivity contribution in [3.05, 3.63) is 0 Å². The van der Waals surface area contributed by atoms with Gasteiger partial charge in [0.15, 0.2) is 0 Å². The van der Waals surface area contributed by atoms with Gasteiger partial charge >= 0.3 is 11.9 Å². The van der Waals surface area contributed by atoms with Gasteiger partial charge in [0, 0.05) is 13.1 Å². The van der Waals surface area contributed by atoms with E-state index in [9.17, 15) is 9.59 Å². The van der Waals surface area contributed by atoms with E-state index < -0.39 is 0 Å². The van der Waals surface area contributed by atoms with E-state index in [0.717, 1.165) is 26.2 Å². The highest BCUT2D eigenvalue weighted by molar-refractivity contribution is 5.69. The highest BCUT2D eigenvalue weighted by Gasteiger charge is 2.14. The third-order valence-electron chi connectivity index (χ3n) is 11.2. The predicted octanol–water partition coefficient (Wildman–Crippen LogP) is 14.9. The van der Waals surface area contributed by atoms with E-state index >= 15 is 0 Å². The molecular weight excluding hydrogens is 693 g/mol. The molecule has 0 aromatic rings. The largest absolute Gasteiger partial charge is 0.465 e. The van der Waals surface area contributed by atoms with Crippen LogP contribution in [0.5, 0.6) is 0 Å². The molecule has 0 bridgehead atoms. The average Bonchev–Trinajstić information content (AvgIpc) is 3.20. The lowest BCUT2D eigenvalue weighted by Gasteiger charge is -2.17. The monoisotopic (exact) mass is 795 g/mol. The van der Waals surface area contributed by atoms with Crippen LogP contribution in [0.3, 0.4) is 0 Å². The second-order valence-electron chi connectivity index (χ2n) is 17.0. The van der Waals surface area contributed by atoms with Gasteiger partial charge in [-0.3, -0.25) is 9.59 Å². The molecule has 0 saturated carbocycles. The summed E-state index contributed by atoms with van der Waals surface area (Å²) in [7, 11) is 0. The van der Waals surface area contributed by atoms with E-state index in [1.165, 1.54) is 205 Å². The second-order valence-corrected chi connectivity index (χ2v) is 17.0. The van der Waals surface area contributed by atoms with E-state index in [4.69, 9.17) is 9.47 Å². The minimum absolute atomic E-state index is 0.0254. The molecular formula is C50H102N2O4. The van der Waals surface area contributed by atoms with Crippen molar-refractivity contribution in [3.8, 4) is 0 Å². The van der Waals surface area contributed by atoms with Crippen molar-refractivity contribution in [2.24, 2.45) is 11.8 Å². The molecule has 0 amide bonds. The van der Waals surface area contributed by atoms with Gasteiger partial charge in [-0.05, 0) is 63.5 Å². The first-order valence-corrected chi connectivity index (χ1v) is 25.2. The van der Waals surface area contributed by atoms with E-state index in [0.29, 0.717) is 37.9 Å². The van der Waals surface area contributed by atoms with Crippen LogP contribution in [0.1, 0.15) is 260 Å². The van der Waals surface area contributed by atoms with Gasteiger partial charge in [0.2, 0.25) is 0 Å². The zero-order valence-corrected chi connectivity index (χ0v) is 39.1. The molecule has 0 aliphatic carbocycles. The van der Waals surface area contributed by atoms with Crippen molar-refractivity contribution < 1.29 is 19.1 Å². The summed E-state index contributed by atoms with van der Waals surface area (Å²) < 4.78 is 11.2. The van der Waals surface area contributed by atoms with Crippen LogP contribution in [0.4, 0.5) is 0 Å². The van der Waals surface area contributed by atoms with Gasteiger partial charge in [0.25, 0.3) is 0 Å². The van der Waals surface area contributed by atoms with Crippen LogP contribution in [0, 0.1) is 11.8 Å². The summed E-state index contributed by atoms with van der Waals surface area (Å²) in [6.07, 6.45) is 42.5. The van der Waals surface area contributed by atoms with Crippen molar-refractivity contribution in [3.63, 3.8) is 0 Å². The van der Waals surface area contributed by atoms with Crippen LogP contribution < -0.4 is 10.6 Å². The zero-order chi connectivity index (χ0) is 41.4. The van der Waals surface area contributed by atoms with E-state index in [1.54, 1.807) is 0 Å². The number of ether oxygens (including phenoxy) is 2. The number of rotatable bonds is 44. The highest BCUT2D eigenvalue weighted by atomic mass is 16.5. The fraction of sp³-hybridized carbons (Fsp3) is 0.960. The lowest BCUT2D eigenvalue weighted by atomic mass is 9.95. The molecule has 2 unspecified atom stereocenters. The van der Waals surface area contributed by atoms with Gasteiger partial charge in [-0.2, -0.15) is 0 Å². The summed E-state index contributed by atoms with van der Waals surface area (Å²) in [5, 5.41) is 6.74. The predicted molar refractivity (Wildman–Crippen MR) is 246 cm³/mol. The molecule has 6 nitrogen and oxygen atoms in total. The minimum Gasteiger partial charge on any atom is -0.465 e. The molecule has 0 aliphatic heterocycles. The number of carbonyl (C=O) groups is 2. The van der Waals surface area contributed by atoms with Crippen molar-refractivity contribution in [1.29, 1.82) is 0 Å². The quantitative estimate of drug-likeness (QED) is 0.0472. The average molecular weight is 795 g/mol. The maximum Gasteiger partial charge on any atom is 0.307 e. The Morgan fingerprint density at radius 3 is 0.893 bits per heavy atom. The highest BCUT2D eigenvalue weighted by Crippen LogP contribution is 2.21. The Bertz CT molecular complexity index is 701. The third kappa shape index (κ3) is 47.2. The normalized spacial score (nSPS) is 12.2. The lowest BCUT2D eigenvalue weighted by Crippen LogP contribution is -2.22. The van der Waals surface area contributed by atoms with Gasteiger partial charge in [-0.15, -0.1) is 0 Å². The number of esters is 2. The van der Waals surface area contributed by atoms with Crippen LogP contribution in [0.2, 0.25) is 0 Å². The van der Waals surface area contributed by atoms with Gasteiger partial charge < -0.3 is 20.1 Å². The standard InChI is InChI=1S/2C25H51NO2/c2*1-4-7-10-13-14-16-19-24(18-15-11-8-5-2)23-28-25(27)20-22-26-21-17-12-9-6-3/h2*24,26H,4-23H2,1-3H3. The fourth-order valence-corrected chi connectivity index (χ4v) is 7.32. The smallest absolute Gasteiger partial charge is 0.307 e. The van der Waals surface area contributed by atoms with Gasteiger partial charge in [0.1, 0.15) is 0 Å². The maximum atomic E-state index is 12.0. The van der Waals surface area contributed by atoms with E-state index in [1.807, 2.05) is 0 Å². The Kier molecular flexibility index (Phi) is 50.9. The molecule has 0 rings (SSSR count). The van der Waals surface area contributed by atoms with Crippen LogP contribution >= 0.6 is 0 Å². The maximum absolute atomic E-state index is 12.0. The molecule has 56 heavy (non-hydrogen) atoms. The number of unbranched alkanes of at least 4 members (excludes halogenated alkanes) is 22. The molecule has 336 valence electrons. The molecule has 0 saturated heterocycles. The lowest BCUT2D eigenvalue weighted by molar-refractivity contribution is -0.146. The second kappa shape index (κ2) is 50.0. The summed E-state index contributed by atoms with van der Waals surface area (Å²) in [5.41, 5.74) is 0. The molecule has 2 N–H and O–H groups in total. The zero-order valence-electron chi connectivity index (χ0n) is 39.1. The van der Waals surface area contributed by atoms with Crippen LogP contribution in [0.15, 0.2) is 0 Å². The molecule has 0 aromatic heterocycles. The summed E-state index contributed by atoms with van der Waals surface area (Å²) >= 11 is 0. The van der Waals surface area contributed by atoms with Crippen molar-refractivity contribution in [1.82, 2.24) is 10.6 Å². The Hall–Kier alpha value is -1.14. The first kappa shape index (κ1) is 57.0. The van der Waals surface area contributed by atoms with E-state index in [2.05, 4.69) is 52.2 Å². The molecule has 0 aromatic carbocycles. The van der Waals surface area contributed by atoms with Crippen LogP contribution in [-0.2, 0) is 19.1 Å². The van der Waals surface area contributed by atoms with E-state index in [-0.39, 0.29) is 11.9 Å². The Morgan fingerprint density at radius 2 is 0.589 bits per heavy atom. The number of hydrogen-bond acceptors (Lipinski definition) is 6. The molecule has 0 aliphatic rings. The molecule has 0 heterocycles. The topological polar surface area (TPSA) is 76.7 Å². The van der Waals surface area contributed by atoms with Gasteiger partial charge in [0.05, 0.1) is 26.1 Å². The van der Waals surface area contributed by atoms with Crippen LogP contribution in [0.25, 0.3) is 0 Å². The number of carbonyl (C=O) groups excluding carboxylic acids is 2. The first-order valence-electron chi connectivity index (χ1n) is 25.2. The molecule has 0 radical (unpaired) electrons. The summed E-state index contributed by atoms with van der Waals surface area (Å²) in [6.45, 7) is 18.3. The van der Waals surface area contributed by atoms with Crippen LogP contribution in [-0.4, -0.2) is 51.3 Å². The first-order chi connectivity index (χ1) is 27.5. The fourth-order valence-electron chi connectivity index (χ4n) is 7.32. The summed E-state index contributed by atoms with van der Waals surface area (Å²) in [4.78, 5) is 24.1. The summed E-state index contributed by atoms with van der Waals surface area (Å²) in [5.74, 6) is 1.08. The molecule has 2 atom stereocenters. The van der Waals surface area contributed by atoms with Crippen molar-refractivity contribution in [2.75, 3.05) is 39.4 Å². The van der Waals surface area contributed by atoms with Gasteiger partial charge in [-0.25, -0.2) is 0 Å². The Labute approximate surface area is 351 Å². The Morgan fingerprint density at radius 1 is 0.339 bits per heavy atom. The molecule has 6 heteroatoms.